The number of rotatable bonds is 3. The van der Waals surface area contributed by atoms with Gasteiger partial charge in [-0.15, -0.1) is 0 Å². The van der Waals surface area contributed by atoms with Gasteiger partial charge in [0.15, 0.2) is 0 Å². The molecule has 3 heteroatoms. The number of hydrogen-bond acceptors (Lipinski definition) is 2. The fraction of sp³-hybridized carbons (Fsp3) is 0.545. The van der Waals surface area contributed by atoms with Crippen LogP contribution in [0.4, 0.5) is 0 Å². The minimum atomic E-state index is -1.01. The fourth-order valence-electron chi connectivity index (χ4n) is 1.59. The smallest absolute Gasteiger partial charge is 0.371 e. The van der Waals surface area contributed by atoms with E-state index in [4.69, 9.17) is 9.84 Å². The van der Waals surface area contributed by atoms with E-state index in [2.05, 4.69) is 0 Å². The van der Waals surface area contributed by atoms with Crippen LogP contribution >= 0.6 is 0 Å². The summed E-state index contributed by atoms with van der Waals surface area (Å²) in [5.41, 5.74) is 1.33. The predicted octanol–water partition coefficient (Wildman–Crippen LogP) is 2.49. The number of carboxylic acids is 1. The number of hydrogen-bond donors (Lipinski definition) is 1. The van der Waals surface area contributed by atoms with Gasteiger partial charge in [0.2, 0.25) is 5.76 Å². The van der Waals surface area contributed by atoms with Crippen LogP contribution in [0.5, 0.6) is 0 Å². The maximum absolute atomic E-state index is 10.6. The van der Waals surface area contributed by atoms with Crippen LogP contribution in [0.25, 0.3) is 0 Å². The van der Waals surface area contributed by atoms with Crippen molar-refractivity contribution in [2.24, 2.45) is 0 Å². The van der Waals surface area contributed by atoms with Crippen molar-refractivity contribution in [2.75, 3.05) is 7.11 Å². The van der Waals surface area contributed by atoms with Crippen molar-refractivity contribution in [3.8, 4) is 0 Å². The molecule has 0 saturated heterocycles. The van der Waals surface area contributed by atoms with Crippen LogP contribution in [-0.2, 0) is 9.53 Å². The average Bonchev–Trinajstić information content (AvgIpc) is 2.20. The summed E-state index contributed by atoms with van der Waals surface area (Å²) in [4.78, 5) is 10.6. The van der Waals surface area contributed by atoms with E-state index in [1.165, 1.54) is 31.9 Å². The second kappa shape index (κ2) is 5.47. The van der Waals surface area contributed by atoms with Gasteiger partial charge in [0.1, 0.15) is 0 Å². The molecule has 78 valence electrons. The Bertz CT molecular complexity index is 256. The van der Waals surface area contributed by atoms with Crippen molar-refractivity contribution in [1.82, 2.24) is 0 Å². The lowest BCUT2D eigenvalue weighted by Gasteiger charge is -2.12. The highest BCUT2D eigenvalue weighted by atomic mass is 16.5. The molecule has 1 aliphatic carbocycles. The van der Waals surface area contributed by atoms with E-state index in [-0.39, 0.29) is 5.76 Å². The van der Waals surface area contributed by atoms with Gasteiger partial charge in [-0.25, -0.2) is 4.79 Å². The van der Waals surface area contributed by atoms with Gasteiger partial charge < -0.3 is 9.84 Å². The molecule has 0 aromatic rings. The number of allylic oxidation sites excluding steroid dienone is 3. The Morgan fingerprint density at radius 2 is 2.00 bits per heavy atom. The quantitative estimate of drug-likeness (QED) is 0.557. The maximum atomic E-state index is 10.6. The van der Waals surface area contributed by atoms with Gasteiger partial charge in [0.25, 0.3) is 0 Å². The Hall–Kier alpha value is -1.25. The van der Waals surface area contributed by atoms with E-state index in [1.807, 2.05) is 6.08 Å². The van der Waals surface area contributed by atoms with Crippen molar-refractivity contribution >= 4 is 5.97 Å². The largest absolute Gasteiger partial charge is 0.490 e. The molecule has 0 amide bonds. The lowest BCUT2D eigenvalue weighted by molar-refractivity contribution is -0.136. The first-order valence-electron chi connectivity index (χ1n) is 4.91. The molecule has 1 aliphatic rings. The van der Waals surface area contributed by atoms with E-state index in [1.54, 1.807) is 6.08 Å². The molecule has 0 aliphatic heterocycles. The van der Waals surface area contributed by atoms with Gasteiger partial charge in [0, 0.05) is 0 Å². The molecule has 0 radical (unpaired) electrons. The first-order chi connectivity index (χ1) is 6.74. The lowest BCUT2D eigenvalue weighted by Crippen LogP contribution is -2.02. The molecular formula is C11H16O3. The minimum absolute atomic E-state index is 0.00285. The molecule has 1 rings (SSSR count). The van der Waals surface area contributed by atoms with E-state index < -0.39 is 5.97 Å². The highest BCUT2D eigenvalue weighted by Gasteiger charge is 2.07. The highest BCUT2D eigenvalue weighted by Crippen LogP contribution is 2.22. The summed E-state index contributed by atoms with van der Waals surface area (Å²) >= 11 is 0. The first kappa shape index (κ1) is 10.8. The summed E-state index contributed by atoms with van der Waals surface area (Å²) < 4.78 is 4.72. The monoisotopic (exact) mass is 196 g/mol. The highest BCUT2D eigenvalue weighted by molar-refractivity contribution is 5.84. The third-order valence-corrected chi connectivity index (χ3v) is 2.40. The third-order valence-electron chi connectivity index (χ3n) is 2.40. The van der Waals surface area contributed by atoms with E-state index in [9.17, 15) is 4.79 Å². The van der Waals surface area contributed by atoms with Crippen molar-refractivity contribution < 1.29 is 14.6 Å². The summed E-state index contributed by atoms with van der Waals surface area (Å²) in [5.74, 6) is -1.01. The summed E-state index contributed by atoms with van der Waals surface area (Å²) in [6.07, 6.45) is 9.33. The second-order valence-electron chi connectivity index (χ2n) is 3.43. The van der Waals surface area contributed by atoms with Gasteiger partial charge in [-0.3, -0.25) is 0 Å². The Kier molecular flexibility index (Phi) is 4.23. The van der Waals surface area contributed by atoms with Gasteiger partial charge in [-0.1, -0.05) is 18.1 Å². The van der Waals surface area contributed by atoms with Crippen LogP contribution in [0.2, 0.25) is 0 Å². The normalized spacial score (nSPS) is 17.8. The number of carboxylic acid groups (broad SMARTS) is 1. The average molecular weight is 196 g/mol. The van der Waals surface area contributed by atoms with Crippen molar-refractivity contribution in [3.63, 3.8) is 0 Å². The lowest BCUT2D eigenvalue weighted by atomic mass is 9.95. The Balaban J connectivity index is 2.60. The molecule has 0 heterocycles. The molecule has 0 spiro atoms. The fourth-order valence-corrected chi connectivity index (χ4v) is 1.59. The molecular weight excluding hydrogens is 180 g/mol. The van der Waals surface area contributed by atoms with Crippen LogP contribution < -0.4 is 0 Å². The molecule has 1 N–H and O–H groups in total. The van der Waals surface area contributed by atoms with Crippen molar-refractivity contribution in [3.05, 3.63) is 23.5 Å². The summed E-state index contributed by atoms with van der Waals surface area (Å²) in [5, 5.41) is 8.68. The SMILES string of the molecule is CO/C(=C/C=C1CCCCC1)C(=O)O. The molecule has 1 saturated carbocycles. The minimum Gasteiger partial charge on any atom is -0.490 e. The number of ether oxygens (including phenoxy) is 1. The zero-order valence-electron chi connectivity index (χ0n) is 8.45. The summed E-state index contributed by atoms with van der Waals surface area (Å²) in [6.45, 7) is 0. The van der Waals surface area contributed by atoms with Gasteiger partial charge in [0.05, 0.1) is 7.11 Å². The zero-order valence-corrected chi connectivity index (χ0v) is 8.45. The molecule has 3 nitrogen and oxygen atoms in total. The molecule has 14 heavy (non-hydrogen) atoms. The zero-order chi connectivity index (χ0) is 10.4. The molecule has 0 aromatic heterocycles. The Morgan fingerprint density at radius 3 is 2.50 bits per heavy atom. The van der Waals surface area contributed by atoms with E-state index in [0.717, 1.165) is 12.8 Å². The molecule has 1 fully saturated rings. The van der Waals surface area contributed by atoms with Crippen LogP contribution in [-0.4, -0.2) is 18.2 Å². The Morgan fingerprint density at radius 1 is 1.36 bits per heavy atom. The predicted molar refractivity (Wildman–Crippen MR) is 53.9 cm³/mol. The van der Waals surface area contributed by atoms with Gasteiger partial charge >= 0.3 is 5.97 Å². The maximum Gasteiger partial charge on any atom is 0.371 e. The van der Waals surface area contributed by atoms with Gasteiger partial charge in [-0.2, -0.15) is 0 Å². The molecule has 0 unspecified atom stereocenters. The van der Waals surface area contributed by atoms with Crippen LogP contribution in [0.3, 0.4) is 0 Å². The van der Waals surface area contributed by atoms with Crippen molar-refractivity contribution in [1.29, 1.82) is 0 Å². The third kappa shape index (κ3) is 3.24. The van der Waals surface area contributed by atoms with Crippen LogP contribution in [0, 0.1) is 0 Å². The molecule has 0 atom stereocenters. The molecule has 0 aromatic carbocycles. The first-order valence-corrected chi connectivity index (χ1v) is 4.91. The van der Waals surface area contributed by atoms with Crippen LogP contribution in [0.15, 0.2) is 23.5 Å². The standard InChI is InChI=1S/C11H16O3/c1-14-10(11(12)13)8-7-9-5-3-2-4-6-9/h7-8H,2-6H2,1H3,(H,12,13)/b10-8+. The number of aliphatic carboxylic acids is 1. The number of methoxy groups -OCH3 is 1. The van der Waals surface area contributed by atoms with Gasteiger partial charge in [-0.05, 0) is 31.8 Å². The second-order valence-corrected chi connectivity index (χ2v) is 3.43. The topological polar surface area (TPSA) is 46.5 Å². The Labute approximate surface area is 84.1 Å². The van der Waals surface area contributed by atoms with Crippen LogP contribution in [0.1, 0.15) is 32.1 Å². The van der Waals surface area contributed by atoms with E-state index >= 15 is 0 Å². The molecule has 0 bridgehead atoms. The number of carbonyl (C=O) groups is 1. The van der Waals surface area contributed by atoms with Crippen molar-refractivity contribution in [2.45, 2.75) is 32.1 Å². The summed E-state index contributed by atoms with van der Waals surface area (Å²) in [7, 11) is 1.37. The summed E-state index contributed by atoms with van der Waals surface area (Å²) in [6, 6.07) is 0. The van der Waals surface area contributed by atoms with E-state index in [0.29, 0.717) is 0 Å².